The van der Waals surface area contributed by atoms with Gasteiger partial charge in [0.05, 0.1) is 29.2 Å². The molecule has 0 spiro atoms. The fourth-order valence-corrected chi connectivity index (χ4v) is 4.20. The van der Waals surface area contributed by atoms with Crippen molar-refractivity contribution in [2.75, 3.05) is 21.6 Å². The minimum atomic E-state index is -3.57. The summed E-state index contributed by atoms with van der Waals surface area (Å²) in [6.45, 7) is 6.26. The summed E-state index contributed by atoms with van der Waals surface area (Å²) in [5.74, 6) is -0.920. The van der Waals surface area contributed by atoms with Crippen molar-refractivity contribution in [2.45, 2.75) is 26.2 Å². The van der Waals surface area contributed by atoms with E-state index in [9.17, 15) is 18.0 Å². The Balaban J connectivity index is 1.63. The second-order valence-corrected chi connectivity index (χ2v) is 11.3. The van der Waals surface area contributed by atoms with Crippen LogP contribution in [-0.4, -0.2) is 36.7 Å². The molecule has 0 radical (unpaired) electrons. The van der Waals surface area contributed by atoms with Gasteiger partial charge in [-0.1, -0.05) is 32.9 Å². The number of sulfonamides is 1. The number of nitrogens with zero attached hydrogens (tertiary/aromatic N) is 1. The van der Waals surface area contributed by atoms with Crippen LogP contribution in [0.15, 0.2) is 66.9 Å². The predicted octanol–water partition coefficient (Wildman–Crippen LogP) is 4.74. The molecule has 0 fully saturated rings. The van der Waals surface area contributed by atoms with E-state index >= 15 is 0 Å². The van der Waals surface area contributed by atoms with E-state index in [1.807, 2.05) is 12.1 Å². The van der Waals surface area contributed by atoms with E-state index in [0.717, 1.165) is 22.7 Å². The Labute approximate surface area is 209 Å². The quantitative estimate of drug-likeness (QED) is 0.300. The zero-order valence-corrected chi connectivity index (χ0v) is 21.2. The van der Waals surface area contributed by atoms with Gasteiger partial charge in [0.1, 0.15) is 0 Å². The van der Waals surface area contributed by atoms with E-state index in [-0.39, 0.29) is 22.4 Å². The van der Waals surface area contributed by atoms with Crippen LogP contribution in [0.5, 0.6) is 0 Å². The SMILES string of the molecule is CC(C)(C)c1ccc(C(=O)Nc2ccc(NS(C)(=O)=O)cc2C(=O)Nc2ccc3cn[nH]c3c2)cc1. The van der Waals surface area contributed by atoms with Crippen LogP contribution in [-0.2, 0) is 15.4 Å². The van der Waals surface area contributed by atoms with Crippen molar-refractivity contribution in [3.63, 3.8) is 0 Å². The molecule has 4 rings (SSSR count). The molecule has 3 aromatic carbocycles. The van der Waals surface area contributed by atoms with Gasteiger partial charge in [0, 0.05) is 22.3 Å². The molecule has 0 aliphatic carbocycles. The average molecular weight is 506 g/mol. The first-order valence-corrected chi connectivity index (χ1v) is 13.1. The highest BCUT2D eigenvalue weighted by Gasteiger charge is 2.18. The number of hydrogen-bond acceptors (Lipinski definition) is 5. The van der Waals surface area contributed by atoms with Gasteiger partial charge >= 0.3 is 0 Å². The summed E-state index contributed by atoms with van der Waals surface area (Å²) in [6.07, 6.45) is 2.69. The number of aromatic amines is 1. The molecule has 0 atom stereocenters. The van der Waals surface area contributed by atoms with Gasteiger partial charge < -0.3 is 10.6 Å². The maximum Gasteiger partial charge on any atom is 0.257 e. The second kappa shape index (κ2) is 9.46. The molecular weight excluding hydrogens is 478 g/mol. The lowest BCUT2D eigenvalue weighted by molar-refractivity contribution is 0.102. The number of amides is 2. The summed E-state index contributed by atoms with van der Waals surface area (Å²) < 4.78 is 25.8. The van der Waals surface area contributed by atoms with Gasteiger partial charge in [-0.25, -0.2) is 8.42 Å². The van der Waals surface area contributed by atoms with Crippen LogP contribution < -0.4 is 15.4 Å². The lowest BCUT2D eigenvalue weighted by Gasteiger charge is -2.19. The molecule has 1 aromatic heterocycles. The maximum absolute atomic E-state index is 13.2. The summed E-state index contributed by atoms with van der Waals surface area (Å²) in [4.78, 5) is 26.2. The van der Waals surface area contributed by atoms with Gasteiger partial charge in [-0.2, -0.15) is 5.10 Å². The molecule has 9 nitrogen and oxygen atoms in total. The number of rotatable bonds is 6. The van der Waals surface area contributed by atoms with Gasteiger partial charge in [-0.3, -0.25) is 19.4 Å². The van der Waals surface area contributed by atoms with E-state index in [0.29, 0.717) is 11.3 Å². The van der Waals surface area contributed by atoms with Crippen molar-refractivity contribution in [1.29, 1.82) is 0 Å². The number of carbonyl (C=O) groups is 2. The van der Waals surface area contributed by atoms with Gasteiger partial charge in [0.25, 0.3) is 11.8 Å². The molecule has 4 N–H and O–H groups in total. The molecule has 0 saturated carbocycles. The van der Waals surface area contributed by atoms with Crippen LogP contribution in [0.2, 0.25) is 0 Å². The van der Waals surface area contributed by atoms with Crippen LogP contribution in [0.4, 0.5) is 17.1 Å². The minimum Gasteiger partial charge on any atom is -0.322 e. The van der Waals surface area contributed by atoms with Crippen molar-refractivity contribution < 1.29 is 18.0 Å². The Bertz CT molecular complexity index is 1550. The van der Waals surface area contributed by atoms with Gasteiger partial charge in [0.15, 0.2) is 0 Å². The molecule has 2 amide bonds. The van der Waals surface area contributed by atoms with E-state index in [1.54, 1.807) is 36.5 Å². The van der Waals surface area contributed by atoms with Gasteiger partial charge in [-0.05, 0) is 59.5 Å². The summed E-state index contributed by atoms with van der Waals surface area (Å²) >= 11 is 0. The first-order chi connectivity index (χ1) is 16.9. The van der Waals surface area contributed by atoms with Crippen LogP contribution in [0, 0.1) is 0 Å². The number of carbonyl (C=O) groups excluding carboxylic acids is 2. The Morgan fingerprint density at radius 3 is 2.22 bits per heavy atom. The standard InChI is InChI=1S/C26H27N5O4S/c1-26(2,3)18-8-5-16(6-9-18)24(32)29-22-12-11-20(31-36(4,34)35)13-21(22)25(33)28-19-10-7-17-15-27-30-23(17)14-19/h5-15,31H,1-4H3,(H,27,30)(H,28,33)(H,29,32). The van der Waals surface area contributed by atoms with Gasteiger partial charge in [-0.15, -0.1) is 0 Å². The third kappa shape index (κ3) is 5.89. The predicted molar refractivity (Wildman–Crippen MR) is 142 cm³/mol. The average Bonchev–Trinajstić information content (AvgIpc) is 3.26. The number of nitrogens with one attached hydrogen (secondary N) is 4. The van der Waals surface area contributed by atoms with Crippen molar-refractivity contribution in [3.05, 3.63) is 83.6 Å². The Kier molecular flexibility index (Phi) is 6.55. The normalized spacial score (nSPS) is 11.8. The molecule has 1 heterocycles. The Morgan fingerprint density at radius 2 is 1.56 bits per heavy atom. The van der Waals surface area contributed by atoms with Crippen LogP contribution in [0.3, 0.4) is 0 Å². The largest absolute Gasteiger partial charge is 0.322 e. The van der Waals surface area contributed by atoms with E-state index in [1.165, 1.54) is 18.2 Å². The van der Waals surface area contributed by atoms with E-state index in [4.69, 9.17) is 0 Å². The molecule has 36 heavy (non-hydrogen) atoms. The zero-order chi connectivity index (χ0) is 26.1. The first kappa shape index (κ1) is 24.9. The van der Waals surface area contributed by atoms with E-state index < -0.39 is 21.8 Å². The van der Waals surface area contributed by atoms with Crippen LogP contribution >= 0.6 is 0 Å². The smallest absolute Gasteiger partial charge is 0.257 e. The summed E-state index contributed by atoms with van der Waals surface area (Å²) in [5.41, 5.74) is 3.23. The molecule has 0 bridgehead atoms. The molecule has 0 aliphatic heterocycles. The second-order valence-electron chi connectivity index (χ2n) is 9.54. The summed E-state index contributed by atoms with van der Waals surface area (Å²) in [7, 11) is -3.57. The lowest BCUT2D eigenvalue weighted by Crippen LogP contribution is -2.19. The maximum atomic E-state index is 13.2. The van der Waals surface area contributed by atoms with Crippen molar-refractivity contribution in [3.8, 4) is 0 Å². The molecule has 0 saturated heterocycles. The number of hydrogen-bond donors (Lipinski definition) is 4. The third-order valence-electron chi connectivity index (χ3n) is 5.53. The molecule has 0 unspecified atom stereocenters. The van der Waals surface area contributed by atoms with Gasteiger partial charge in [0.2, 0.25) is 10.0 Å². The minimum absolute atomic E-state index is 0.0537. The Hall–Kier alpha value is -4.18. The Morgan fingerprint density at radius 1 is 0.861 bits per heavy atom. The number of aromatic nitrogens is 2. The lowest BCUT2D eigenvalue weighted by atomic mass is 9.86. The molecule has 186 valence electrons. The zero-order valence-electron chi connectivity index (χ0n) is 20.3. The highest BCUT2D eigenvalue weighted by Crippen LogP contribution is 2.26. The third-order valence-corrected chi connectivity index (χ3v) is 6.14. The number of fused-ring (bicyclic) bond motifs is 1. The van der Waals surface area contributed by atoms with E-state index in [2.05, 4.69) is 46.3 Å². The summed E-state index contributed by atoms with van der Waals surface area (Å²) in [5, 5.41) is 13.3. The highest BCUT2D eigenvalue weighted by molar-refractivity contribution is 7.92. The highest BCUT2D eigenvalue weighted by atomic mass is 32.2. The number of anilines is 3. The van der Waals surface area contributed by atoms with Crippen molar-refractivity contribution in [1.82, 2.24) is 10.2 Å². The first-order valence-electron chi connectivity index (χ1n) is 11.2. The molecule has 4 aromatic rings. The van der Waals surface area contributed by atoms with Crippen molar-refractivity contribution >= 4 is 49.8 Å². The molecule has 0 aliphatic rings. The summed E-state index contributed by atoms with van der Waals surface area (Å²) in [6, 6.07) is 16.9. The monoisotopic (exact) mass is 505 g/mol. The van der Waals surface area contributed by atoms with Crippen LogP contribution in [0.25, 0.3) is 10.9 Å². The number of benzene rings is 3. The topological polar surface area (TPSA) is 133 Å². The van der Waals surface area contributed by atoms with Crippen molar-refractivity contribution in [2.24, 2.45) is 0 Å². The fraction of sp³-hybridized carbons (Fsp3) is 0.192. The van der Waals surface area contributed by atoms with Crippen LogP contribution in [0.1, 0.15) is 47.1 Å². The molecule has 10 heteroatoms. The number of H-pyrrole nitrogens is 1. The fourth-order valence-electron chi connectivity index (χ4n) is 3.65. The molecular formula is C26H27N5O4S.